The predicted octanol–water partition coefficient (Wildman–Crippen LogP) is 3.84. The number of fused-ring (bicyclic) bond motifs is 3. The van der Waals surface area contributed by atoms with Gasteiger partial charge in [0.1, 0.15) is 5.39 Å². The topological polar surface area (TPSA) is 57.3 Å². The summed E-state index contributed by atoms with van der Waals surface area (Å²) in [5.41, 5.74) is 2.33. The molecule has 0 radical (unpaired) electrons. The van der Waals surface area contributed by atoms with E-state index in [1.807, 2.05) is 56.3 Å². The van der Waals surface area contributed by atoms with Gasteiger partial charge in [0.05, 0.1) is 23.5 Å². The number of rotatable bonds is 3. The van der Waals surface area contributed by atoms with E-state index in [2.05, 4.69) is 5.10 Å². The minimum absolute atomic E-state index is 0.399. The Labute approximate surface area is 138 Å². The summed E-state index contributed by atoms with van der Waals surface area (Å²) in [6.45, 7) is 4.21. The lowest BCUT2D eigenvalue weighted by molar-refractivity contribution is 0.337. The van der Waals surface area contributed by atoms with Crippen LogP contribution in [0, 0.1) is 6.92 Å². The van der Waals surface area contributed by atoms with Crippen LogP contribution in [0.15, 0.2) is 57.7 Å². The molecule has 2 aromatic carbocycles. The minimum Gasteiger partial charge on any atom is -0.490 e. The van der Waals surface area contributed by atoms with Crippen molar-refractivity contribution in [2.45, 2.75) is 13.8 Å². The van der Waals surface area contributed by atoms with E-state index in [9.17, 15) is 4.79 Å². The van der Waals surface area contributed by atoms with Gasteiger partial charge in [0.25, 0.3) is 0 Å². The van der Waals surface area contributed by atoms with Crippen LogP contribution in [0.1, 0.15) is 12.6 Å². The van der Waals surface area contributed by atoms with Crippen molar-refractivity contribution in [2.75, 3.05) is 6.61 Å². The lowest BCUT2D eigenvalue weighted by atomic mass is 10.1. The summed E-state index contributed by atoms with van der Waals surface area (Å²) < 4.78 is 13.0. The third kappa shape index (κ3) is 2.09. The molecule has 2 aromatic heterocycles. The zero-order valence-corrected chi connectivity index (χ0v) is 13.4. The highest BCUT2D eigenvalue weighted by molar-refractivity contribution is 6.05. The zero-order chi connectivity index (χ0) is 16.7. The van der Waals surface area contributed by atoms with Crippen molar-refractivity contribution < 1.29 is 9.15 Å². The van der Waals surface area contributed by atoms with Crippen LogP contribution < -0.4 is 10.4 Å². The van der Waals surface area contributed by atoms with Crippen LogP contribution in [0.5, 0.6) is 5.75 Å². The number of aromatic nitrogens is 2. The van der Waals surface area contributed by atoms with Crippen LogP contribution in [0.2, 0.25) is 0 Å². The number of hydrogen-bond acceptors (Lipinski definition) is 4. The maximum absolute atomic E-state index is 12.5. The molecule has 0 aliphatic carbocycles. The molecule has 120 valence electrons. The molecule has 0 N–H and O–H groups in total. The molecule has 0 aliphatic heterocycles. The van der Waals surface area contributed by atoms with E-state index in [1.54, 1.807) is 10.7 Å². The van der Waals surface area contributed by atoms with E-state index in [4.69, 9.17) is 9.15 Å². The average Bonchev–Trinajstić information content (AvgIpc) is 2.95. The second-order valence-corrected chi connectivity index (χ2v) is 5.51. The minimum atomic E-state index is -0.399. The summed E-state index contributed by atoms with van der Waals surface area (Å²) in [6, 6.07) is 15.4. The molecule has 24 heavy (non-hydrogen) atoms. The van der Waals surface area contributed by atoms with E-state index in [-0.39, 0.29) is 0 Å². The van der Waals surface area contributed by atoms with Crippen LogP contribution in [0.3, 0.4) is 0 Å². The molecule has 0 spiro atoms. The Morgan fingerprint density at radius 3 is 2.67 bits per heavy atom. The second kappa shape index (κ2) is 5.53. The van der Waals surface area contributed by atoms with Gasteiger partial charge >= 0.3 is 5.63 Å². The maximum atomic E-state index is 12.5. The van der Waals surface area contributed by atoms with Gasteiger partial charge in [-0.25, -0.2) is 9.48 Å². The average molecular weight is 320 g/mol. The molecular weight excluding hydrogens is 304 g/mol. The number of hydrogen-bond donors (Lipinski definition) is 0. The zero-order valence-electron chi connectivity index (χ0n) is 13.4. The van der Waals surface area contributed by atoms with Crippen LogP contribution >= 0.6 is 0 Å². The van der Waals surface area contributed by atoms with Crippen LogP contribution in [0.25, 0.3) is 27.6 Å². The van der Waals surface area contributed by atoms with Crippen molar-refractivity contribution >= 4 is 21.9 Å². The Morgan fingerprint density at radius 1 is 1.12 bits per heavy atom. The first-order valence-electron chi connectivity index (χ1n) is 7.84. The Morgan fingerprint density at radius 2 is 1.92 bits per heavy atom. The smallest absolute Gasteiger partial charge is 0.347 e. The van der Waals surface area contributed by atoms with Gasteiger partial charge in [-0.05, 0) is 38.1 Å². The van der Waals surface area contributed by atoms with Gasteiger partial charge in [-0.3, -0.25) is 0 Å². The number of aryl methyl sites for hydroxylation is 1. The molecule has 0 amide bonds. The standard InChI is InChI=1S/C19H16N2O3/c1-3-23-15-11-7-10-14-17-16(19(22)24-18(14)15)12(2)20-21(17)13-8-5-4-6-9-13/h4-11H,3H2,1-2H3. The summed E-state index contributed by atoms with van der Waals surface area (Å²) in [7, 11) is 0. The van der Waals surface area contributed by atoms with E-state index in [0.29, 0.717) is 29.0 Å². The molecule has 5 nitrogen and oxygen atoms in total. The first-order valence-corrected chi connectivity index (χ1v) is 7.84. The maximum Gasteiger partial charge on any atom is 0.347 e. The van der Waals surface area contributed by atoms with Crippen LogP contribution in [-0.2, 0) is 0 Å². The van der Waals surface area contributed by atoms with Gasteiger partial charge in [0.2, 0.25) is 0 Å². The Kier molecular flexibility index (Phi) is 3.34. The third-order valence-corrected chi connectivity index (χ3v) is 3.99. The Hall–Kier alpha value is -3.08. The molecule has 0 bridgehead atoms. The molecular formula is C19H16N2O3. The summed E-state index contributed by atoms with van der Waals surface area (Å²) in [6.07, 6.45) is 0. The molecule has 0 saturated heterocycles. The molecule has 0 aliphatic rings. The fourth-order valence-corrected chi connectivity index (χ4v) is 3.00. The first kappa shape index (κ1) is 14.5. The number of para-hydroxylation sites is 2. The van der Waals surface area contributed by atoms with Crippen molar-refractivity contribution in [3.8, 4) is 11.4 Å². The molecule has 2 heterocycles. The molecule has 0 fully saturated rings. The molecule has 0 atom stereocenters. The van der Waals surface area contributed by atoms with Crippen LogP contribution in [0.4, 0.5) is 0 Å². The van der Waals surface area contributed by atoms with Crippen molar-refractivity contribution in [3.05, 3.63) is 64.6 Å². The first-order chi connectivity index (χ1) is 11.7. The molecule has 0 unspecified atom stereocenters. The van der Waals surface area contributed by atoms with Crippen molar-refractivity contribution in [1.29, 1.82) is 0 Å². The third-order valence-electron chi connectivity index (χ3n) is 3.99. The highest BCUT2D eigenvalue weighted by atomic mass is 16.5. The van der Waals surface area contributed by atoms with Gasteiger partial charge in [0.15, 0.2) is 11.3 Å². The second-order valence-electron chi connectivity index (χ2n) is 5.51. The van der Waals surface area contributed by atoms with Gasteiger partial charge in [-0.15, -0.1) is 0 Å². The van der Waals surface area contributed by atoms with Crippen molar-refractivity contribution in [3.63, 3.8) is 0 Å². The molecule has 5 heteroatoms. The number of benzene rings is 2. The fourth-order valence-electron chi connectivity index (χ4n) is 3.00. The van der Waals surface area contributed by atoms with E-state index >= 15 is 0 Å². The Balaban J connectivity index is 2.18. The van der Waals surface area contributed by atoms with E-state index < -0.39 is 5.63 Å². The largest absolute Gasteiger partial charge is 0.490 e. The van der Waals surface area contributed by atoms with Crippen molar-refractivity contribution in [2.24, 2.45) is 0 Å². The van der Waals surface area contributed by atoms with Gasteiger partial charge in [0, 0.05) is 5.39 Å². The summed E-state index contributed by atoms with van der Waals surface area (Å²) in [5, 5.41) is 5.87. The number of nitrogens with zero attached hydrogens (tertiary/aromatic N) is 2. The van der Waals surface area contributed by atoms with Crippen LogP contribution in [-0.4, -0.2) is 16.4 Å². The van der Waals surface area contributed by atoms with Gasteiger partial charge < -0.3 is 9.15 Å². The van der Waals surface area contributed by atoms with E-state index in [1.165, 1.54) is 0 Å². The summed E-state index contributed by atoms with van der Waals surface area (Å²) in [4.78, 5) is 12.5. The van der Waals surface area contributed by atoms with E-state index in [0.717, 1.165) is 16.6 Å². The van der Waals surface area contributed by atoms with Gasteiger partial charge in [-0.2, -0.15) is 5.10 Å². The SMILES string of the molecule is CCOc1cccc2c1oc(=O)c1c(C)nn(-c3ccccc3)c12. The highest BCUT2D eigenvalue weighted by Crippen LogP contribution is 2.32. The summed E-state index contributed by atoms with van der Waals surface area (Å²) >= 11 is 0. The van der Waals surface area contributed by atoms with Gasteiger partial charge in [-0.1, -0.05) is 24.3 Å². The lowest BCUT2D eigenvalue weighted by Gasteiger charge is -2.08. The molecule has 4 rings (SSSR count). The Bertz CT molecular complexity index is 1090. The normalized spacial score (nSPS) is 11.2. The molecule has 4 aromatic rings. The highest BCUT2D eigenvalue weighted by Gasteiger charge is 2.19. The monoisotopic (exact) mass is 320 g/mol. The quantitative estimate of drug-likeness (QED) is 0.538. The van der Waals surface area contributed by atoms with Crippen molar-refractivity contribution in [1.82, 2.24) is 9.78 Å². The molecule has 0 saturated carbocycles. The lowest BCUT2D eigenvalue weighted by Crippen LogP contribution is -2.03. The summed E-state index contributed by atoms with van der Waals surface area (Å²) in [5.74, 6) is 0.562. The number of ether oxygens (including phenoxy) is 1. The fraction of sp³-hybridized carbons (Fsp3) is 0.158. The predicted molar refractivity (Wildman–Crippen MR) is 93.0 cm³/mol.